The molecule has 0 saturated heterocycles. The fourth-order valence-corrected chi connectivity index (χ4v) is 1.61. The first-order valence-electron chi connectivity index (χ1n) is 5.04. The summed E-state index contributed by atoms with van der Waals surface area (Å²) in [5.74, 6) is 0.793. The van der Waals surface area contributed by atoms with E-state index in [-0.39, 0.29) is 6.61 Å². The molecule has 1 rings (SSSR count). The Morgan fingerprint density at radius 3 is 2.88 bits per heavy atom. The van der Waals surface area contributed by atoms with E-state index >= 15 is 0 Å². The Labute approximate surface area is 104 Å². The lowest BCUT2D eigenvalue weighted by atomic mass is 10.3. The Morgan fingerprint density at radius 1 is 1.38 bits per heavy atom. The number of aliphatic hydroxyl groups is 1. The van der Waals surface area contributed by atoms with Crippen LogP contribution in [0, 0.1) is 0 Å². The zero-order chi connectivity index (χ0) is 11.8. The largest absolute Gasteiger partial charge is 0.495 e. The molecule has 1 aromatic rings. The average Bonchev–Trinajstić information content (AvgIpc) is 2.31. The summed E-state index contributed by atoms with van der Waals surface area (Å²) in [6.07, 6.45) is 0. The second-order valence-corrected chi connectivity index (χ2v) is 3.97. The van der Waals surface area contributed by atoms with Gasteiger partial charge in [-0.3, -0.25) is 0 Å². The van der Waals surface area contributed by atoms with Crippen molar-refractivity contribution in [1.82, 2.24) is 0 Å². The topological polar surface area (TPSA) is 50.7 Å². The first-order valence-corrected chi connectivity index (χ1v) is 5.83. The quantitative estimate of drug-likeness (QED) is 0.753. The predicted octanol–water partition coefficient (Wildman–Crippen LogP) is 1.88. The van der Waals surface area contributed by atoms with Crippen LogP contribution in [0.15, 0.2) is 22.7 Å². The first kappa shape index (κ1) is 13.3. The van der Waals surface area contributed by atoms with Crippen LogP contribution in [0.1, 0.15) is 0 Å². The maximum Gasteiger partial charge on any atom is 0.135 e. The lowest BCUT2D eigenvalue weighted by molar-refractivity contribution is 0.0992. The lowest BCUT2D eigenvalue weighted by Crippen LogP contribution is -2.11. The van der Waals surface area contributed by atoms with Gasteiger partial charge >= 0.3 is 0 Å². The van der Waals surface area contributed by atoms with Crippen LogP contribution in [0.25, 0.3) is 0 Å². The van der Waals surface area contributed by atoms with Crippen LogP contribution in [0.2, 0.25) is 0 Å². The number of methoxy groups -OCH3 is 1. The molecule has 4 nitrogen and oxygen atoms in total. The van der Waals surface area contributed by atoms with Gasteiger partial charge in [0.1, 0.15) is 5.75 Å². The number of aliphatic hydroxyl groups excluding tert-OH is 1. The molecule has 16 heavy (non-hydrogen) atoms. The zero-order valence-corrected chi connectivity index (χ0v) is 10.8. The molecule has 0 amide bonds. The number of hydrogen-bond acceptors (Lipinski definition) is 4. The SMILES string of the molecule is COc1cc(NCCOCCO)ccc1Br. The van der Waals surface area contributed by atoms with E-state index in [1.54, 1.807) is 7.11 Å². The molecule has 0 radical (unpaired) electrons. The molecule has 0 bridgehead atoms. The molecule has 0 saturated carbocycles. The summed E-state index contributed by atoms with van der Waals surface area (Å²) in [4.78, 5) is 0. The summed E-state index contributed by atoms with van der Waals surface area (Å²) in [7, 11) is 1.63. The minimum Gasteiger partial charge on any atom is -0.495 e. The molecule has 0 spiro atoms. The Morgan fingerprint density at radius 2 is 2.19 bits per heavy atom. The monoisotopic (exact) mass is 289 g/mol. The third-order valence-corrected chi connectivity index (χ3v) is 2.62. The van der Waals surface area contributed by atoms with Gasteiger partial charge < -0.3 is 19.9 Å². The Balaban J connectivity index is 2.36. The van der Waals surface area contributed by atoms with E-state index in [4.69, 9.17) is 14.6 Å². The second-order valence-electron chi connectivity index (χ2n) is 3.11. The van der Waals surface area contributed by atoms with E-state index in [0.29, 0.717) is 19.8 Å². The van der Waals surface area contributed by atoms with Crippen molar-refractivity contribution in [2.75, 3.05) is 38.8 Å². The number of halogens is 1. The summed E-state index contributed by atoms with van der Waals surface area (Å²) >= 11 is 3.39. The van der Waals surface area contributed by atoms with Crippen LogP contribution in [-0.4, -0.2) is 38.6 Å². The van der Waals surface area contributed by atoms with E-state index in [2.05, 4.69) is 21.2 Å². The summed E-state index contributed by atoms with van der Waals surface area (Å²) in [6.45, 7) is 1.71. The highest BCUT2D eigenvalue weighted by Gasteiger charge is 2.00. The summed E-state index contributed by atoms with van der Waals surface area (Å²) in [6, 6.07) is 5.80. The van der Waals surface area contributed by atoms with Crippen molar-refractivity contribution in [3.63, 3.8) is 0 Å². The molecular formula is C11H16BrNO3. The molecule has 0 aliphatic heterocycles. The maximum atomic E-state index is 8.51. The van der Waals surface area contributed by atoms with Gasteiger partial charge in [0, 0.05) is 18.3 Å². The molecule has 0 atom stereocenters. The number of hydrogen-bond donors (Lipinski definition) is 2. The van der Waals surface area contributed by atoms with Crippen molar-refractivity contribution >= 4 is 21.6 Å². The van der Waals surface area contributed by atoms with Crippen molar-refractivity contribution in [2.45, 2.75) is 0 Å². The smallest absolute Gasteiger partial charge is 0.135 e. The lowest BCUT2D eigenvalue weighted by Gasteiger charge is -2.09. The third-order valence-electron chi connectivity index (χ3n) is 1.96. The summed E-state index contributed by atoms with van der Waals surface area (Å²) < 4.78 is 11.2. The van der Waals surface area contributed by atoms with Crippen molar-refractivity contribution in [3.05, 3.63) is 22.7 Å². The molecule has 90 valence electrons. The molecule has 0 heterocycles. The van der Waals surface area contributed by atoms with Gasteiger partial charge in [0.15, 0.2) is 0 Å². The number of rotatable bonds is 7. The first-order chi connectivity index (χ1) is 7.77. The van der Waals surface area contributed by atoms with Gasteiger partial charge in [-0.15, -0.1) is 0 Å². The van der Waals surface area contributed by atoms with Gasteiger partial charge in [-0.1, -0.05) is 0 Å². The molecule has 2 N–H and O–H groups in total. The van der Waals surface area contributed by atoms with Crippen molar-refractivity contribution in [1.29, 1.82) is 0 Å². The Kier molecular flexibility index (Phi) is 6.22. The van der Waals surface area contributed by atoms with E-state index in [9.17, 15) is 0 Å². The zero-order valence-electron chi connectivity index (χ0n) is 9.20. The van der Waals surface area contributed by atoms with Crippen LogP contribution in [0.5, 0.6) is 5.75 Å². The fraction of sp³-hybridized carbons (Fsp3) is 0.455. The van der Waals surface area contributed by atoms with Gasteiger partial charge in [-0.05, 0) is 28.1 Å². The molecule has 0 fully saturated rings. The van der Waals surface area contributed by atoms with Crippen molar-refractivity contribution in [3.8, 4) is 5.75 Å². The Bertz CT molecular complexity index is 320. The minimum atomic E-state index is 0.0616. The van der Waals surface area contributed by atoms with Crippen LogP contribution in [-0.2, 0) is 4.74 Å². The van der Waals surface area contributed by atoms with Gasteiger partial charge in [0.25, 0.3) is 0 Å². The average molecular weight is 290 g/mol. The standard InChI is InChI=1S/C11H16BrNO3/c1-15-11-8-9(2-3-10(11)12)13-4-6-16-7-5-14/h2-3,8,13-14H,4-7H2,1H3. The normalized spacial score (nSPS) is 10.2. The van der Waals surface area contributed by atoms with Crippen molar-refractivity contribution in [2.24, 2.45) is 0 Å². The second kappa shape index (κ2) is 7.49. The molecular weight excluding hydrogens is 274 g/mol. The van der Waals surface area contributed by atoms with Gasteiger partial charge in [-0.25, -0.2) is 0 Å². The number of anilines is 1. The van der Waals surface area contributed by atoms with E-state index < -0.39 is 0 Å². The van der Waals surface area contributed by atoms with E-state index in [1.807, 2.05) is 18.2 Å². The number of nitrogens with one attached hydrogen (secondary N) is 1. The Hall–Kier alpha value is -0.780. The molecule has 0 aliphatic carbocycles. The maximum absolute atomic E-state index is 8.51. The molecule has 0 unspecified atom stereocenters. The number of ether oxygens (including phenoxy) is 2. The molecule has 5 heteroatoms. The molecule has 1 aromatic carbocycles. The number of benzene rings is 1. The van der Waals surface area contributed by atoms with Gasteiger partial charge in [0.05, 0.1) is 31.4 Å². The van der Waals surface area contributed by atoms with Crippen LogP contribution >= 0.6 is 15.9 Å². The van der Waals surface area contributed by atoms with Gasteiger partial charge in [0.2, 0.25) is 0 Å². The summed E-state index contributed by atoms with van der Waals surface area (Å²) in [5.41, 5.74) is 0.979. The van der Waals surface area contributed by atoms with Crippen LogP contribution in [0.3, 0.4) is 0 Å². The van der Waals surface area contributed by atoms with Gasteiger partial charge in [-0.2, -0.15) is 0 Å². The minimum absolute atomic E-state index is 0.0616. The highest BCUT2D eigenvalue weighted by Crippen LogP contribution is 2.27. The summed E-state index contributed by atoms with van der Waals surface area (Å²) in [5, 5.41) is 11.7. The predicted molar refractivity (Wildman–Crippen MR) is 67.1 cm³/mol. The van der Waals surface area contributed by atoms with Crippen LogP contribution in [0.4, 0.5) is 5.69 Å². The van der Waals surface area contributed by atoms with Crippen molar-refractivity contribution < 1.29 is 14.6 Å². The van der Waals surface area contributed by atoms with E-state index in [0.717, 1.165) is 15.9 Å². The van der Waals surface area contributed by atoms with Crippen LogP contribution < -0.4 is 10.1 Å². The molecule has 0 aliphatic rings. The van der Waals surface area contributed by atoms with E-state index in [1.165, 1.54) is 0 Å². The highest BCUT2D eigenvalue weighted by atomic mass is 79.9. The third kappa shape index (κ3) is 4.38. The highest BCUT2D eigenvalue weighted by molar-refractivity contribution is 9.10. The molecule has 0 aromatic heterocycles. The fourth-order valence-electron chi connectivity index (χ4n) is 1.20.